The molecule has 0 radical (unpaired) electrons. The Balaban J connectivity index is 1.42. The van der Waals surface area contributed by atoms with E-state index in [9.17, 15) is 0 Å². The van der Waals surface area contributed by atoms with Crippen LogP contribution in [0.5, 0.6) is 5.75 Å². The van der Waals surface area contributed by atoms with Crippen LogP contribution < -0.4 is 4.74 Å². The molecular weight excluding hydrogens is 310 g/mol. The average molecular weight is 331 g/mol. The van der Waals surface area contributed by atoms with Gasteiger partial charge in [0.2, 0.25) is 0 Å². The van der Waals surface area contributed by atoms with Crippen molar-refractivity contribution < 1.29 is 9.47 Å². The van der Waals surface area contributed by atoms with Crippen LogP contribution in [0.2, 0.25) is 0 Å². The van der Waals surface area contributed by atoms with Gasteiger partial charge < -0.3 is 9.47 Å². The topological polar surface area (TPSA) is 47.5 Å². The van der Waals surface area contributed by atoms with E-state index in [0.29, 0.717) is 12.5 Å². The molecule has 2 aliphatic heterocycles. The highest BCUT2D eigenvalue weighted by atomic mass is 32.1. The lowest BCUT2D eigenvalue weighted by Gasteiger charge is -2.27. The van der Waals surface area contributed by atoms with Crippen LogP contribution in [0, 0.1) is 18.3 Å². The highest BCUT2D eigenvalue weighted by molar-refractivity contribution is 7.09. The van der Waals surface area contributed by atoms with E-state index in [-0.39, 0.29) is 5.41 Å². The molecule has 2 aromatic rings. The summed E-state index contributed by atoms with van der Waals surface area (Å²) in [6.45, 7) is 7.37. The molecule has 0 aliphatic carbocycles. The second kappa shape index (κ2) is 6.19. The molecule has 0 bridgehead atoms. The highest BCUT2D eigenvalue weighted by Crippen LogP contribution is 2.42. The lowest BCUT2D eigenvalue weighted by atomic mass is 9.82. The predicted octanol–water partition coefficient (Wildman–Crippen LogP) is 2.37. The molecule has 23 heavy (non-hydrogen) atoms. The number of thiazole rings is 1. The van der Waals surface area contributed by atoms with E-state index in [2.05, 4.69) is 27.2 Å². The van der Waals surface area contributed by atoms with Crippen molar-refractivity contribution in [3.8, 4) is 5.75 Å². The Morgan fingerprint density at radius 2 is 2.48 bits per heavy atom. The van der Waals surface area contributed by atoms with Gasteiger partial charge in [-0.2, -0.15) is 0 Å². The molecule has 0 spiro atoms. The summed E-state index contributed by atoms with van der Waals surface area (Å²) in [7, 11) is 0. The molecule has 4 rings (SSSR count). The van der Waals surface area contributed by atoms with Crippen LogP contribution >= 0.6 is 11.3 Å². The van der Waals surface area contributed by atoms with Gasteiger partial charge in [0.05, 0.1) is 32.6 Å². The second-order valence-corrected chi connectivity index (χ2v) is 7.55. The van der Waals surface area contributed by atoms with Crippen molar-refractivity contribution in [1.82, 2.24) is 14.9 Å². The third kappa shape index (κ3) is 3.11. The van der Waals surface area contributed by atoms with E-state index in [1.165, 1.54) is 5.01 Å². The van der Waals surface area contributed by atoms with Crippen molar-refractivity contribution >= 4 is 11.3 Å². The number of pyridine rings is 1. The summed E-state index contributed by atoms with van der Waals surface area (Å²) < 4.78 is 11.8. The van der Waals surface area contributed by atoms with Gasteiger partial charge in [-0.05, 0) is 19.1 Å². The van der Waals surface area contributed by atoms with E-state index in [0.717, 1.165) is 44.3 Å². The highest BCUT2D eigenvalue weighted by Gasteiger charge is 2.51. The smallest absolute Gasteiger partial charge is 0.137 e. The van der Waals surface area contributed by atoms with Crippen molar-refractivity contribution in [2.45, 2.75) is 13.5 Å². The van der Waals surface area contributed by atoms with Crippen molar-refractivity contribution in [3.63, 3.8) is 0 Å². The monoisotopic (exact) mass is 331 g/mol. The molecule has 6 heteroatoms. The maximum atomic E-state index is 6.02. The molecule has 122 valence electrons. The number of fused-ring (bicyclic) bond motifs is 1. The minimum Gasteiger partial charge on any atom is -0.491 e. The fraction of sp³-hybridized carbons (Fsp3) is 0.529. The van der Waals surface area contributed by atoms with E-state index in [1.807, 2.05) is 12.1 Å². The lowest BCUT2D eigenvalue weighted by Crippen LogP contribution is -2.36. The number of likely N-dealkylation sites (tertiary alicyclic amines) is 1. The van der Waals surface area contributed by atoms with Gasteiger partial charge in [0.1, 0.15) is 10.8 Å². The van der Waals surface area contributed by atoms with Crippen molar-refractivity contribution in [1.29, 1.82) is 0 Å². The average Bonchev–Trinajstić information content (AvgIpc) is 3.21. The Bertz CT molecular complexity index is 663. The summed E-state index contributed by atoms with van der Waals surface area (Å²) in [5.74, 6) is 1.38. The zero-order valence-corrected chi connectivity index (χ0v) is 14.1. The normalized spacial score (nSPS) is 27.3. The molecule has 2 atom stereocenters. The first-order valence-corrected chi connectivity index (χ1v) is 8.85. The Kier molecular flexibility index (Phi) is 4.05. The molecule has 2 fully saturated rings. The zero-order valence-electron chi connectivity index (χ0n) is 13.3. The number of hydrogen-bond acceptors (Lipinski definition) is 6. The first kappa shape index (κ1) is 15.1. The third-order valence-corrected chi connectivity index (χ3v) is 5.73. The van der Waals surface area contributed by atoms with Gasteiger partial charge >= 0.3 is 0 Å². The van der Waals surface area contributed by atoms with Crippen molar-refractivity contribution in [2.75, 3.05) is 32.9 Å². The summed E-state index contributed by atoms with van der Waals surface area (Å²) in [4.78, 5) is 11.2. The van der Waals surface area contributed by atoms with Crippen LogP contribution in [0.4, 0.5) is 0 Å². The Labute approximate surface area is 140 Å². The molecule has 5 nitrogen and oxygen atoms in total. The van der Waals surface area contributed by atoms with Crippen LogP contribution in [0.3, 0.4) is 0 Å². The number of nitrogens with zero attached hydrogens (tertiary/aromatic N) is 3. The number of rotatable bonds is 5. The van der Waals surface area contributed by atoms with Crippen LogP contribution in [0.25, 0.3) is 0 Å². The van der Waals surface area contributed by atoms with Gasteiger partial charge in [0, 0.05) is 41.7 Å². The summed E-state index contributed by atoms with van der Waals surface area (Å²) in [5.41, 5.74) is 1.21. The molecule has 0 amide bonds. The fourth-order valence-corrected chi connectivity index (χ4v) is 4.41. The van der Waals surface area contributed by atoms with Gasteiger partial charge in [-0.3, -0.25) is 9.88 Å². The lowest BCUT2D eigenvalue weighted by molar-refractivity contribution is 0.0898. The SMILES string of the molecule is Cc1csc(CN2C[C@@H]3COC[C@]3(COc3cccnc3)C2)n1. The van der Waals surface area contributed by atoms with Gasteiger partial charge in [0.25, 0.3) is 0 Å². The van der Waals surface area contributed by atoms with Gasteiger partial charge in [0.15, 0.2) is 0 Å². The number of aryl methyl sites for hydroxylation is 1. The van der Waals surface area contributed by atoms with Crippen molar-refractivity contribution in [2.24, 2.45) is 11.3 Å². The minimum atomic E-state index is 0.0994. The second-order valence-electron chi connectivity index (χ2n) is 6.60. The molecule has 2 saturated heterocycles. The molecule has 4 heterocycles. The molecule has 2 aromatic heterocycles. The predicted molar refractivity (Wildman–Crippen MR) is 88.6 cm³/mol. The Morgan fingerprint density at radius 3 is 3.26 bits per heavy atom. The quantitative estimate of drug-likeness (QED) is 0.842. The van der Waals surface area contributed by atoms with E-state index in [4.69, 9.17) is 9.47 Å². The molecule has 0 saturated carbocycles. The van der Waals surface area contributed by atoms with E-state index in [1.54, 1.807) is 23.7 Å². The van der Waals surface area contributed by atoms with E-state index < -0.39 is 0 Å². The van der Waals surface area contributed by atoms with Gasteiger partial charge in [-0.25, -0.2) is 4.98 Å². The first-order valence-electron chi connectivity index (χ1n) is 7.97. The van der Waals surface area contributed by atoms with Crippen LogP contribution in [-0.2, 0) is 11.3 Å². The standard InChI is InChI=1S/C17H21N3O2S/c1-13-9-23-16(19-13)7-20-6-14-8-21-11-17(14,10-20)12-22-15-3-2-4-18-5-15/h2-5,9,14H,6-8,10-12H2,1H3/t14-,17+/m1/s1. The Hall–Kier alpha value is -1.50. The first-order chi connectivity index (χ1) is 11.2. The molecule has 0 N–H and O–H groups in total. The molecule has 0 aromatic carbocycles. The maximum Gasteiger partial charge on any atom is 0.137 e. The van der Waals surface area contributed by atoms with Crippen LogP contribution in [0.1, 0.15) is 10.7 Å². The summed E-state index contributed by atoms with van der Waals surface area (Å²) in [6.07, 6.45) is 3.53. The minimum absolute atomic E-state index is 0.0994. The summed E-state index contributed by atoms with van der Waals surface area (Å²) in [5, 5.41) is 3.32. The van der Waals surface area contributed by atoms with Crippen molar-refractivity contribution in [3.05, 3.63) is 40.6 Å². The number of ether oxygens (including phenoxy) is 2. The Morgan fingerprint density at radius 1 is 1.52 bits per heavy atom. The summed E-state index contributed by atoms with van der Waals surface area (Å²) >= 11 is 1.75. The number of hydrogen-bond donors (Lipinski definition) is 0. The van der Waals surface area contributed by atoms with Gasteiger partial charge in [-0.1, -0.05) is 0 Å². The third-order valence-electron chi connectivity index (χ3n) is 4.78. The van der Waals surface area contributed by atoms with Gasteiger partial charge in [-0.15, -0.1) is 11.3 Å². The molecular formula is C17H21N3O2S. The zero-order chi connectivity index (χ0) is 15.7. The fourth-order valence-electron chi connectivity index (χ4n) is 3.59. The summed E-state index contributed by atoms with van der Waals surface area (Å²) in [6, 6.07) is 3.86. The number of aromatic nitrogens is 2. The van der Waals surface area contributed by atoms with E-state index >= 15 is 0 Å². The maximum absolute atomic E-state index is 6.02. The molecule has 0 unspecified atom stereocenters. The van der Waals surface area contributed by atoms with Crippen LogP contribution in [-0.4, -0.2) is 47.8 Å². The van der Waals surface area contributed by atoms with Crippen LogP contribution in [0.15, 0.2) is 29.9 Å². The largest absolute Gasteiger partial charge is 0.491 e. The molecule has 2 aliphatic rings.